The van der Waals surface area contributed by atoms with Gasteiger partial charge in [-0.25, -0.2) is 4.57 Å². The topological polar surface area (TPSA) is 38.0 Å². The fourth-order valence-corrected chi connectivity index (χ4v) is 4.41. The van der Waals surface area contributed by atoms with Crippen LogP contribution in [0.3, 0.4) is 0 Å². The molecule has 4 heteroatoms. The van der Waals surface area contributed by atoms with Crippen molar-refractivity contribution in [1.29, 1.82) is 0 Å². The minimum Gasteiger partial charge on any atom is -0.370 e. The first kappa shape index (κ1) is 21.4. The van der Waals surface area contributed by atoms with E-state index in [-0.39, 0.29) is 5.60 Å². The van der Waals surface area contributed by atoms with Crippen LogP contribution >= 0.6 is 0 Å². The quantitative estimate of drug-likeness (QED) is 0.403. The zero-order valence-electron chi connectivity index (χ0n) is 19.3. The monoisotopic (exact) mass is 436 g/mol. The van der Waals surface area contributed by atoms with E-state index in [0.29, 0.717) is 6.61 Å². The van der Waals surface area contributed by atoms with E-state index >= 15 is 0 Å². The maximum atomic E-state index is 6.24. The molecule has 1 aromatic heterocycles. The van der Waals surface area contributed by atoms with Crippen molar-refractivity contribution in [2.45, 2.75) is 45.6 Å². The number of fused-ring (bicyclic) bond motifs is 1. The van der Waals surface area contributed by atoms with Gasteiger partial charge in [-0.3, -0.25) is 0 Å². The van der Waals surface area contributed by atoms with Gasteiger partial charge in [0.1, 0.15) is 12.2 Å². The molecule has 0 spiro atoms. The highest BCUT2D eigenvalue weighted by atomic mass is 16.5. The molecule has 33 heavy (non-hydrogen) atoms. The Morgan fingerprint density at radius 2 is 1.45 bits per heavy atom. The molecule has 0 atom stereocenters. The predicted molar refractivity (Wildman–Crippen MR) is 132 cm³/mol. The van der Waals surface area contributed by atoms with Crippen LogP contribution in [0.15, 0.2) is 91.0 Å². The second-order valence-corrected chi connectivity index (χ2v) is 9.21. The summed E-state index contributed by atoms with van der Waals surface area (Å²) < 4.78 is 8.63. The number of nitrogens with zero attached hydrogens (tertiary/aromatic N) is 2. The molecule has 0 amide bonds. The molecule has 2 heterocycles. The predicted octanol–water partition coefficient (Wildman–Crippen LogP) is 5.55. The van der Waals surface area contributed by atoms with Gasteiger partial charge in [0.15, 0.2) is 0 Å². The molecule has 0 radical (unpaired) electrons. The number of anilines is 1. The number of hydrogen-bond donors (Lipinski definition) is 1. The van der Waals surface area contributed by atoms with Gasteiger partial charge in [0.05, 0.1) is 23.3 Å². The number of nitrogens with one attached hydrogen (secondary N) is 1. The van der Waals surface area contributed by atoms with Gasteiger partial charge >= 0.3 is 5.82 Å². The first-order valence-electron chi connectivity index (χ1n) is 11.6. The van der Waals surface area contributed by atoms with E-state index in [0.717, 1.165) is 42.3 Å². The van der Waals surface area contributed by atoms with E-state index in [2.05, 4.69) is 109 Å². The first-order chi connectivity index (χ1) is 16.1. The highest BCUT2D eigenvalue weighted by Crippen LogP contribution is 2.32. The van der Waals surface area contributed by atoms with Crippen LogP contribution in [0.25, 0.3) is 11.4 Å². The summed E-state index contributed by atoms with van der Waals surface area (Å²) in [5.74, 6) is 1.89. The summed E-state index contributed by atoms with van der Waals surface area (Å²) in [6.45, 7) is 6.39. The second kappa shape index (κ2) is 9.16. The molecule has 1 aliphatic heterocycles. The molecule has 0 saturated carbocycles. The van der Waals surface area contributed by atoms with Gasteiger partial charge in [0.25, 0.3) is 5.82 Å². The average Bonchev–Trinajstić information content (AvgIpc) is 2.85. The fourth-order valence-electron chi connectivity index (χ4n) is 4.41. The van der Waals surface area contributed by atoms with Crippen LogP contribution in [0.5, 0.6) is 0 Å². The Labute approximate surface area is 195 Å². The minimum atomic E-state index is -0.225. The Bertz CT molecular complexity index is 1220. The lowest BCUT2D eigenvalue weighted by Gasteiger charge is -2.32. The number of hydrogen-bond acceptors (Lipinski definition) is 3. The van der Waals surface area contributed by atoms with E-state index in [9.17, 15) is 0 Å². The Kier molecular flexibility index (Phi) is 5.93. The van der Waals surface area contributed by atoms with Crippen molar-refractivity contribution in [3.63, 3.8) is 0 Å². The van der Waals surface area contributed by atoms with Crippen molar-refractivity contribution in [3.05, 3.63) is 113 Å². The smallest absolute Gasteiger partial charge is 0.333 e. The third kappa shape index (κ3) is 4.81. The van der Waals surface area contributed by atoms with Crippen molar-refractivity contribution >= 4 is 5.82 Å². The van der Waals surface area contributed by atoms with E-state index in [1.165, 1.54) is 16.8 Å². The number of aromatic nitrogens is 2. The van der Waals surface area contributed by atoms with Crippen LogP contribution in [-0.2, 0) is 30.9 Å². The average molecular weight is 437 g/mol. The summed E-state index contributed by atoms with van der Waals surface area (Å²) in [5, 5.41) is 3.61. The van der Waals surface area contributed by atoms with Crippen LogP contribution in [0.2, 0.25) is 0 Å². The van der Waals surface area contributed by atoms with Gasteiger partial charge in [-0.05, 0) is 42.1 Å². The number of rotatable bonds is 6. The highest BCUT2D eigenvalue weighted by molar-refractivity contribution is 5.57. The zero-order valence-corrected chi connectivity index (χ0v) is 19.3. The summed E-state index contributed by atoms with van der Waals surface area (Å²) >= 11 is 0. The molecule has 4 nitrogen and oxygen atoms in total. The van der Waals surface area contributed by atoms with Crippen LogP contribution in [0.4, 0.5) is 5.82 Å². The van der Waals surface area contributed by atoms with E-state index in [4.69, 9.17) is 9.72 Å². The summed E-state index contributed by atoms with van der Waals surface area (Å²) in [4.78, 5) is 5.19. The van der Waals surface area contributed by atoms with Gasteiger partial charge in [0, 0.05) is 13.0 Å². The van der Waals surface area contributed by atoms with Crippen molar-refractivity contribution in [2.24, 2.45) is 0 Å². The van der Waals surface area contributed by atoms with Gasteiger partial charge in [0.2, 0.25) is 0 Å². The van der Waals surface area contributed by atoms with Gasteiger partial charge < -0.3 is 10.1 Å². The molecule has 0 fully saturated rings. The lowest BCUT2D eigenvalue weighted by molar-refractivity contribution is -0.689. The highest BCUT2D eigenvalue weighted by Gasteiger charge is 2.36. The maximum absolute atomic E-state index is 6.24. The molecule has 1 N–H and O–H groups in total. The SMILES string of the molecule is CC1(C)Cc2c(c(NCc3ccccc3)nc(-c3ccccc3)[n+]2Cc2ccccc2)CO1. The molecule has 166 valence electrons. The lowest BCUT2D eigenvalue weighted by atomic mass is 9.95. The summed E-state index contributed by atoms with van der Waals surface area (Å²) in [6, 6.07) is 31.6. The Balaban J connectivity index is 1.65. The van der Waals surface area contributed by atoms with Gasteiger partial charge in [-0.15, -0.1) is 0 Å². The number of ether oxygens (including phenoxy) is 1. The lowest BCUT2D eigenvalue weighted by Crippen LogP contribution is -2.49. The molecule has 0 aliphatic carbocycles. The maximum Gasteiger partial charge on any atom is 0.333 e. The molecular formula is C29H30N3O+. The molecule has 1 aliphatic rings. The largest absolute Gasteiger partial charge is 0.370 e. The zero-order chi connectivity index (χ0) is 22.7. The summed E-state index contributed by atoms with van der Waals surface area (Å²) in [6.07, 6.45) is 0.831. The molecule has 4 aromatic rings. The van der Waals surface area contributed by atoms with Crippen LogP contribution in [0.1, 0.15) is 36.2 Å². The molecular weight excluding hydrogens is 406 g/mol. The van der Waals surface area contributed by atoms with Crippen molar-refractivity contribution < 1.29 is 9.30 Å². The van der Waals surface area contributed by atoms with Crippen LogP contribution in [0, 0.1) is 0 Å². The van der Waals surface area contributed by atoms with E-state index in [1.54, 1.807) is 0 Å². The minimum absolute atomic E-state index is 0.225. The van der Waals surface area contributed by atoms with Crippen molar-refractivity contribution in [2.75, 3.05) is 5.32 Å². The van der Waals surface area contributed by atoms with E-state index in [1.807, 2.05) is 6.07 Å². The Morgan fingerprint density at radius 3 is 2.12 bits per heavy atom. The van der Waals surface area contributed by atoms with Crippen molar-refractivity contribution in [1.82, 2.24) is 4.98 Å². The molecule has 3 aromatic carbocycles. The summed E-state index contributed by atoms with van der Waals surface area (Å²) in [5.41, 5.74) is 5.83. The van der Waals surface area contributed by atoms with Gasteiger partial charge in [-0.2, -0.15) is 0 Å². The normalized spacial score (nSPS) is 14.5. The Hall–Kier alpha value is -3.50. The van der Waals surface area contributed by atoms with Gasteiger partial charge in [-0.1, -0.05) is 78.9 Å². The molecule has 5 rings (SSSR count). The first-order valence-corrected chi connectivity index (χ1v) is 11.6. The van der Waals surface area contributed by atoms with E-state index < -0.39 is 0 Å². The summed E-state index contributed by atoms with van der Waals surface area (Å²) in [7, 11) is 0. The third-order valence-electron chi connectivity index (χ3n) is 6.15. The number of benzene rings is 3. The Morgan fingerprint density at radius 1 is 0.848 bits per heavy atom. The molecule has 0 unspecified atom stereocenters. The van der Waals surface area contributed by atoms with Crippen LogP contribution in [-0.4, -0.2) is 10.6 Å². The fraction of sp³-hybridized carbons (Fsp3) is 0.241. The second-order valence-electron chi connectivity index (χ2n) is 9.21. The van der Waals surface area contributed by atoms with Crippen LogP contribution < -0.4 is 9.88 Å². The molecule has 0 bridgehead atoms. The van der Waals surface area contributed by atoms with Crippen molar-refractivity contribution in [3.8, 4) is 11.4 Å². The third-order valence-corrected chi connectivity index (χ3v) is 6.15. The molecule has 0 saturated heterocycles. The standard InChI is InChI=1S/C29H29N3O/c1-29(2)18-26-25(21-33-29)27(30-19-22-12-6-3-7-13-22)31-28(24-16-10-5-11-17-24)32(26)20-23-14-8-4-9-15-23/h3-17H,18-21H2,1-2H3/p+1.